The summed E-state index contributed by atoms with van der Waals surface area (Å²) in [5, 5.41) is 2.38. The second-order valence-electron chi connectivity index (χ2n) is 3.39. The maximum absolute atomic E-state index is 13.5. The number of amides is 1. The van der Waals surface area contributed by atoms with Crippen LogP contribution >= 0.6 is 11.6 Å². The van der Waals surface area contributed by atoms with Gasteiger partial charge in [0.15, 0.2) is 0 Å². The predicted molar refractivity (Wildman–Crippen MR) is 63.3 cm³/mol. The van der Waals surface area contributed by atoms with Gasteiger partial charge in [0.2, 0.25) is 0 Å². The molecule has 1 amide bonds. The predicted octanol–water partition coefficient (Wildman–Crippen LogP) is 2.80. The molecule has 0 fully saturated rings. The Morgan fingerprint density at radius 3 is 2.76 bits per heavy atom. The van der Waals surface area contributed by atoms with Crippen molar-refractivity contribution in [3.63, 3.8) is 0 Å². The number of carbonyl (C=O) groups excluding carboxylic acids is 1. The first kappa shape index (κ1) is 13.6. The summed E-state index contributed by atoms with van der Waals surface area (Å²) in [6, 6.07) is 2.36. The topological polar surface area (TPSA) is 29.1 Å². The number of benzene rings is 1. The summed E-state index contributed by atoms with van der Waals surface area (Å²) in [4.78, 5) is 11.5. The van der Waals surface area contributed by atoms with Crippen LogP contribution in [0.1, 0.15) is 15.9 Å². The van der Waals surface area contributed by atoms with Gasteiger partial charge in [0.1, 0.15) is 17.2 Å². The minimum atomic E-state index is -0.869. The van der Waals surface area contributed by atoms with E-state index in [4.69, 9.17) is 11.6 Å². The second-order valence-corrected chi connectivity index (χ2v) is 3.70. The largest absolute Gasteiger partial charge is 0.348 e. The number of hydrogen-bond acceptors (Lipinski definition) is 1. The molecule has 0 bridgehead atoms. The third-order valence-electron chi connectivity index (χ3n) is 2.15. The Labute approximate surface area is 103 Å². The number of nitrogens with one attached hydrogen (secondary N) is 1. The van der Waals surface area contributed by atoms with Crippen molar-refractivity contribution in [2.75, 3.05) is 12.4 Å². The van der Waals surface area contributed by atoms with Crippen LogP contribution in [-0.4, -0.2) is 18.3 Å². The Balaban J connectivity index is 2.82. The standard InChI is InChI=1S/C12H12ClF2NO/c1-8-4-5-9(14)10(11(8)15)12(17)16-7-3-2-6-13/h2-5H,6-7H2,1H3,(H,16,17)/b3-2+. The van der Waals surface area contributed by atoms with Gasteiger partial charge in [-0.3, -0.25) is 4.79 Å². The molecular formula is C12H12ClF2NO. The molecule has 92 valence electrons. The average Bonchev–Trinajstić information content (AvgIpc) is 2.30. The van der Waals surface area contributed by atoms with Crippen molar-refractivity contribution in [1.82, 2.24) is 5.32 Å². The van der Waals surface area contributed by atoms with Crippen LogP contribution in [0.3, 0.4) is 0 Å². The molecule has 0 aromatic heterocycles. The normalized spacial score (nSPS) is 10.8. The molecule has 0 unspecified atom stereocenters. The lowest BCUT2D eigenvalue weighted by Gasteiger charge is -2.06. The van der Waals surface area contributed by atoms with Gasteiger partial charge in [-0.1, -0.05) is 18.2 Å². The van der Waals surface area contributed by atoms with Gasteiger partial charge in [-0.2, -0.15) is 0 Å². The number of halogens is 3. The number of alkyl halides is 1. The Kier molecular flexibility index (Phi) is 5.10. The molecule has 0 spiro atoms. The van der Waals surface area contributed by atoms with Crippen LogP contribution in [0.2, 0.25) is 0 Å². The molecule has 0 heterocycles. The van der Waals surface area contributed by atoms with Gasteiger partial charge >= 0.3 is 0 Å². The molecule has 0 saturated heterocycles. The van der Waals surface area contributed by atoms with E-state index >= 15 is 0 Å². The molecule has 0 aliphatic carbocycles. The highest BCUT2D eigenvalue weighted by Gasteiger charge is 2.18. The summed E-state index contributed by atoms with van der Waals surface area (Å²) in [5.74, 6) is -2.15. The first-order valence-corrected chi connectivity index (χ1v) is 5.55. The Hall–Kier alpha value is -1.42. The summed E-state index contributed by atoms with van der Waals surface area (Å²) in [6.45, 7) is 1.65. The van der Waals surface area contributed by atoms with Crippen LogP contribution in [-0.2, 0) is 0 Å². The highest BCUT2D eigenvalue weighted by atomic mass is 35.5. The molecule has 2 nitrogen and oxygen atoms in total. The molecule has 0 aliphatic rings. The maximum Gasteiger partial charge on any atom is 0.257 e. The molecule has 0 saturated carbocycles. The van der Waals surface area contributed by atoms with Crippen molar-refractivity contribution in [3.8, 4) is 0 Å². The Morgan fingerprint density at radius 1 is 1.41 bits per heavy atom. The molecule has 5 heteroatoms. The number of aryl methyl sites for hydroxylation is 1. The number of allylic oxidation sites excluding steroid dienone is 1. The van der Waals surface area contributed by atoms with Crippen LogP contribution in [0.25, 0.3) is 0 Å². The van der Waals surface area contributed by atoms with E-state index < -0.39 is 23.1 Å². The van der Waals surface area contributed by atoms with E-state index in [-0.39, 0.29) is 12.1 Å². The molecule has 0 radical (unpaired) electrons. The highest BCUT2D eigenvalue weighted by Crippen LogP contribution is 2.15. The number of hydrogen-bond donors (Lipinski definition) is 1. The average molecular weight is 260 g/mol. The van der Waals surface area contributed by atoms with Crippen molar-refractivity contribution in [2.45, 2.75) is 6.92 Å². The fourth-order valence-corrected chi connectivity index (χ4v) is 1.38. The molecule has 1 N–H and O–H groups in total. The van der Waals surface area contributed by atoms with Crippen molar-refractivity contribution in [2.24, 2.45) is 0 Å². The molecule has 1 aromatic rings. The van der Waals surface area contributed by atoms with E-state index in [0.29, 0.717) is 5.88 Å². The van der Waals surface area contributed by atoms with Crippen molar-refractivity contribution >= 4 is 17.5 Å². The fraction of sp³-hybridized carbons (Fsp3) is 0.250. The smallest absolute Gasteiger partial charge is 0.257 e. The van der Waals surface area contributed by atoms with E-state index in [2.05, 4.69) is 5.32 Å². The van der Waals surface area contributed by atoms with Gasteiger partial charge in [-0.05, 0) is 18.6 Å². The van der Waals surface area contributed by atoms with Crippen LogP contribution in [0, 0.1) is 18.6 Å². The van der Waals surface area contributed by atoms with Crippen molar-refractivity contribution < 1.29 is 13.6 Å². The summed E-state index contributed by atoms with van der Waals surface area (Å²) in [5.41, 5.74) is -0.322. The third kappa shape index (κ3) is 3.53. The summed E-state index contributed by atoms with van der Waals surface area (Å²) in [6.07, 6.45) is 3.24. The number of carbonyl (C=O) groups is 1. The summed E-state index contributed by atoms with van der Waals surface area (Å²) >= 11 is 5.39. The highest BCUT2D eigenvalue weighted by molar-refractivity contribution is 6.18. The third-order valence-corrected chi connectivity index (χ3v) is 2.33. The lowest BCUT2D eigenvalue weighted by atomic mass is 10.1. The SMILES string of the molecule is Cc1ccc(F)c(C(=O)NC/C=C/CCl)c1F. The number of rotatable bonds is 4. The summed E-state index contributed by atoms with van der Waals surface area (Å²) in [7, 11) is 0. The lowest BCUT2D eigenvalue weighted by Crippen LogP contribution is -2.25. The fourth-order valence-electron chi connectivity index (χ4n) is 1.25. The molecule has 0 aliphatic heterocycles. The molecular weight excluding hydrogens is 248 g/mol. The first-order valence-electron chi connectivity index (χ1n) is 5.01. The van der Waals surface area contributed by atoms with Crippen LogP contribution in [0.15, 0.2) is 24.3 Å². The zero-order chi connectivity index (χ0) is 12.8. The van der Waals surface area contributed by atoms with E-state index in [1.54, 1.807) is 12.2 Å². The molecule has 17 heavy (non-hydrogen) atoms. The lowest BCUT2D eigenvalue weighted by molar-refractivity contribution is 0.0949. The van der Waals surface area contributed by atoms with E-state index in [1.807, 2.05) is 0 Å². The van der Waals surface area contributed by atoms with Gasteiger partial charge in [-0.15, -0.1) is 11.6 Å². The van der Waals surface area contributed by atoms with Gasteiger partial charge < -0.3 is 5.32 Å². The van der Waals surface area contributed by atoms with E-state index in [0.717, 1.165) is 6.07 Å². The minimum Gasteiger partial charge on any atom is -0.348 e. The molecule has 1 rings (SSSR count). The van der Waals surface area contributed by atoms with Crippen LogP contribution in [0.5, 0.6) is 0 Å². The Bertz CT molecular complexity index is 446. The van der Waals surface area contributed by atoms with Crippen molar-refractivity contribution in [3.05, 3.63) is 47.0 Å². The monoisotopic (exact) mass is 259 g/mol. The zero-order valence-electron chi connectivity index (χ0n) is 9.27. The zero-order valence-corrected chi connectivity index (χ0v) is 10.0. The van der Waals surface area contributed by atoms with Crippen LogP contribution < -0.4 is 5.32 Å². The molecule has 0 atom stereocenters. The second kappa shape index (κ2) is 6.35. The first-order chi connectivity index (χ1) is 8.07. The summed E-state index contributed by atoms with van der Waals surface area (Å²) < 4.78 is 26.9. The quantitative estimate of drug-likeness (QED) is 0.654. The van der Waals surface area contributed by atoms with E-state index in [9.17, 15) is 13.6 Å². The van der Waals surface area contributed by atoms with Gasteiger partial charge in [0.05, 0.1) is 0 Å². The van der Waals surface area contributed by atoms with E-state index in [1.165, 1.54) is 13.0 Å². The molecule has 1 aromatic carbocycles. The Morgan fingerprint density at radius 2 is 2.12 bits per heavy atom. The van der Waals surface area contributed by atoms with Crippen molar-refractivity contribution in [1.29, 1.82) is 0 Å². The van der Waals surface area contributed by atoms with Gasteiger partial charge in [0.25, 0.3) is 5.91 Å². The maximum atomic E-state index is 13.5. The van der Waals surface area contributed by atoms with Gasteiger partial charge in [0, 0.05) is 12.4 Å². The minimum absolute atomic E-state index is 0.179. The van der Waals surface area contributed by atoms with Crippen LogP contribution in [0.4, 0.5) is 8.78 Å². The van der Waals surface area contributed by atoms with Gasteiger partial charge in [-0.25, -0.2) is 8.78 Å².